The molecular weight excluding hydrogens is 208 g/mol. The summed E-state index contributed by atoms with van der Waals surface area (Å²) < 4.78 is 0. The van der Waals surface area contributed by atoms with E-state index in [1.807, 2.05) is 0 Å². The molecule has 0 bridgehead atoms. The summed E-state index contributed by atoms with van der Waals surface area (Å²) in [7, 11) is 0. The summed E-state index contributed by atoms with van der Waals surface area (Å²) in [5.74, 6) is 0.604. The highest BCUT2D eigenvalue weighted by atomic mass is 14.9. The van der Waals surface area contributed by atoms with Gasteiger partial charge in [0.25, 0.3) is 0 Å². The predicted molar refractivity (Wildman–Crippen MR) is 73.0 cm³/mol. The van der Waals surface area contributed by atoms with E-state index in [-0.39, 0.29) is 0 Å². The van der Waals surface area contributed by atoms with Crippen molar-refractivity contribution in [2.75, 3.05) is 19.6 Å². The molecule has 0 saturated heterocycles. The molecule has 2 nitrogen and oxygen atoms in total. The molecular formula is C15H21N2-. The van der Waals surface area contributed by atoms with Crippen LogP contribution in [0.3, 0.4) is 0 Å². The quantitative estimate of drug-likeness (QED) is 0.527. The van der Waals surface area contributed by atoms with Crippen molar-refractivity contribution in [2.45, 2.75) is 13.0 Å². The third kappa shape index (κ3) is 4.63. The van der Waals surface area contributed by atoms with Gasteiger partial charge in [0.1, 0.15) is 0 Å². The second-order valence-corrected chi connectivity index (χ2v) is 4.46. The Balaban J connectivity index is 1.41. The lowest BCUT2D eigenvalue weighted by Gasteiger charge is -2.09. The lowest BCUT2D eigenvalue weighted by atomic mass is 10.2. The predicted octanol–water partition coefficient (Wildman–Crippen LogP) is 2.22. The molecule has 2 heteroatoms. The van der Waals surface area contributed by atoms with Gasteiger partial charge in [-0.2, -0.15) is 23.8 Å². The fraction of sp³-hybridized carbons (Fsp3) is 0.400. The molecule has 0 atom stereocenters. The van der Waals surface area contributed by atoms with E-state index in [0.717, 1.165) is 26.2 Å². The van der Waals surface area contributed by atoms with Crippen molar-refractivity contribution in [1.29, 1.82) is 0 Å². The zero-order chi connectivity index (χ0) is 11.8. The van der Waals surface area contributed by atoms with Gasteiger partial charge in [0.05, 0.1) is 0 Å². The molecule has 92 valence electrons. The van der Waals surface area contributed by atoms with E-state index in [2.05, 4.69) is 59.2 Å². The van der Waals surface area contributed by atoms with Crippen molar-refractivity contribution >= 4 is 0 Å². The van der Waals surface area contributed by atoms with Crippen molar-refractivity contribution in [3.63, 3.8) is 0 Å². The number of hydrogen-bond donors (Lipinski definition) is 2. The molecule has 17 heavy (non-hydrogen) atoms. The van der Waals surface area contributed by atoms with Crippen LogP contribution >= 0.6 is 0 Å². The van der Waals surface area contributed by atoms with E-state index >= 15 is 0 Å². The Bertz CT molecular complexity index is 337. The second-order valence-electron chi connectivity index (χ2n) is 4.46. The summed E-state index contributed by atoms with van der Waals surface area (Å²) in [5, 5.41) is 6.93. The van der Waals surface area contributed by atoms with Crippen LogP contribution in [-0.2, 0) is 6.54 Å². The van der Waals surface area contributed by atoms with Gasteiger partial charge in [-0.25, -0.2) is 6.07 Å². The Morgan fingerprint density at radius 3 is 2.71 bits per heavy atom. The summed E-state index contributed by atoms with van der Waals surface area (Å²) in [4.78, 5) is 0. The van der Waals surface area contributed by atoms with Gasteiger partial charge < -0.3 is 10.6 Å². The number of rotatable bonds is 8. The lowest BCUT2D eigenvalue weighted by molar-refractivity contribution is 0.576. The average molecular weight is 229 g/mol. The Labute approximate surface area is 104 Å². The number of nitrogens with one attached hydrogen (secondary N) is 2. The average Bonchev–Trinajstić information content (AvgIpc) is 3.00. The summed E-state index contributed by atoms with van der Waals surface area (Å²) in [6.45, 7) is 4.22. The molecule has 2 rings (SSSR count). The highest BCUT2D eigenvalue weighted by molar-refractivity contribution is 5.17. The van der Waals surface area contributed by atoms with E-state index in [9.17, 15) is 0 Å². The summed E-state index contributed by atoms with van der Waals surface area (Å²) >= 11 is 0. The monoisotopic (exact) mass is 229 g/mol. The molecule has 1 aliphatic carbocycles. The minimum Gasteiger partial charge on any atom is -0.325 e. The Kier molecular flexibility index (Phi) is 5.14. The Morgan fingerprint density at radius 1 is 1.12 bits per heavy atom. The SMILES string of the molecule is C1=CC(CNCCCNCc2cc[cH-]c2)C=C1. The molecule has 0 saturated carbocycles. The van der Waals surface area contributed by atoms with Crippen molar-refractivity contribution in [1.82, 2.24) is 10.6 Å². The van der Waals surface area contributed by atoms with E-state index in [4.69, 9.17) is 0 Å². The van der Waals surface area contributed by atoms with Crippen LogP contribution in [0.1, 0.15) is 12.0 Å². The smallest absolute Gasteiger partial charge is 0.00779 e. The summed E-state index contributed by atoms with van der Waals surface area (Å²) in [5.41, 5.74) is 1.37. The molecule has 0 spiro atoms. The van der Waals surface area contributed by atoms with Crippen molar-refractivity contribution in [3.8, 4) is 0 Å². The molecule has 1 aromatic carbocycles. The van der Waals surface area contributed by atoms with E-state index in [1.54, 1.807) is 0 Å². The van der Waals surface area contributed by atoms with Crippen LogP contribution in [0.4, 0.5) is 0 Å². The molecule has 0 unspecified atom stereocenters. The number of hydrogen-bond acceptors (Lipinski definition) is 2. The zero-order valence-corrected chi connectivity index (χ0v) is 10.2. The third-order valence-electron chi connectivity index (χ3n) is 2.98. The van der Waals surface area contributed by atoms with E-state index < -0.39 is 0 Å². The third-order valence-corrected chi connectivity index (χ3v) is 2.98. The lowest BCUT2D eigenvalue weighted by Crippen LogP contribution is -2.24. The van der Waals surface area contributed by atoms with Gasteiger partial charge in [0.2, 0.25) is 0 Å². The highest BCUT2D eigenvalue weighted by Gasteiger charge is 2.01. The fourth-order valence-electron chi connectivity index (χ4n) is 1.99. The van der Waals surface area contributed by atoms with Gasteiger partial charge in [0.15, 0.2) is 0 Å². The topological polar surface area (TPSA) is 24.1 Å². The Hall–Kier alpha value is -1.25. The Morgan fingerprint density at radius 2 is 1.94 bits per heavy atom. The molecule has 0 radical (unpaired) electrons. The first kappa shape index (κ1) is 12.2. The molecule has 0 heterocycles. The van der Waals surface area contributed by atoms with Gasteiger partial charge in [-0.15, -0.1) is 0 Å². The largest absolute Gasteiger partial charge is 0.325 e. The van der Waals surface area contributed by atoms with Crippen LogP contribution in [0.15, 0.2) is 48.6 Å². The van der Waals surface area contributed by atoms with Gasteiger partial charge in [-0.05, 0) is 26.1 Å². The molecule has 1 aromatic rings. The second kappa shape index (κ2) is 7.15. The fourth-order valence-corrected chi connectivity index (χ4v) is 1.99. The molecule has 0 fully saturated rings. The van der Waals surface area contributed by atoms with Gasteiger partial charge in [0, 0.05) is 12.5 Å². The molecule has 0 aromatic heterocycles. The van der Waals surface area contributed by atoms with Crippen molar-refractivity contribution in [3.05, 3.63) is 54.1 Å². The summed E-state index contributed by atoms with van der Waals surface area (Å²) in [6, 6.07) is 8.48. The molecule has 2 N–H and O–H groups in total. The van der Waals surface area contributed by atoms with Crippen LogP contribution in [0, 0.1) is 5.92 Å². The van der Waals surface area contributed by atoms with Gasteiger partial charge in [-0.3, -0.25) is 0 Å². The normalized spacial score (nSPS) is 14.8. The molecule has 0 aliphatic heterocycles. The maximum absolute atomic E-state index is 3.48. The van der Waals surface area contributed by atoms with E-state index in [0.29, 0.717) is 5.92 Å². The standard InChI is InChI=1S/C15H21N2/c1-2-7-14(6-1)12-16-10-5-11-17-13-15-8-3-4-9-15/h1-4,6-9,14,16-17H,5,10-13H2/q-1. The van der Waals surface area contributed by atoms with Crippen molar-refractivity contribution < 1.29 is 0 Å². The zero-order valence-electron chi connectivity index (χ0n) is 10.2. The van der Waals surface area contributed by atoms with Crippen LogP contribution < -0.4 is 10.6 Å². The highest BCUT2D eigenvalue weighted by Crippen LogP contribution is 2.06. The first-order chi connectivity index (χ1) is 8.45. The van der Waals surface area contributed by atoms with Crippen LogP contribution in [-0.4, -0.2) is 19.6 Å². The minimum absolute atomic E-state index is 0.604. The van der Waals surface area contributed by atoms with Gasteiger partial charge in [-0.1, -0.05) is 24.3 Å². The molecule has 1 aliphatic rings. The minimum atomic E-state index is 0.604. The van der Waals surface area contributed by atoms with Gasteiger partial charge >= 0.3 is 0 Å². The van der Waals surface area contributed by atoms with E-state index in [1.165, 1.54) is 12.0 Å². The maximum atomic E-state index is 3.48. The van der Waals surface area contributed by atoms with Crippen LogP contribution in [0.25, 0.3) is 0 Å². The first-order valence-corrected chi connectivity index (χ1v) is 6.42. The van der Waals surface area contributed by atoms with Crippen LogP contribution in [0.2, 0.25) is 0 Å². The van der Waals surface area contributed by atoms with Crippen LogP contribution in [0.5, 0.6) is 0 Å². The first-order valence-electron chi connectivity index (χ1n) is 6.42. The number of allylic oxidation sites excluding steroid dienone is 2. The summed E-state index contributed by atoms with van der Waals surface area (Å²) in [6.07, 6.45) is 9.89. The molecule has 0 amide bonds. The van der Waals surface area contributed by atoms with Crippen molar-refractivity contribution in [2.24, 2.45) is 5.92 Å². The maximum Gasteiger partial charge on any atom is 0.00779 e.